The number of ether oxygens (including phenoxy) is 1. The van der Waals surface area contributed by atoms with E-state index in [9.17, 15) is 19.8 Å². The van der Waals surface area contributed by atoms with E-state index in [1.165, 1.54) is 0 Å². The summed E-state index contributed by atoms with van der Waals surface area (Å²) in [6, 6.07) is 8.41. The second kappa shape index (κ2) is 12.9. The zero-order valence-electron chi connectivity index (χ0n) is 22.0. The quantitative estimate of drug-likeness (QED) is 0.346. The molecule has 0 saturated heterocycles. The number of benzene rings is 2. The highest BCUT2D eigenvalue weighted by atomic mass is 16.5. The second-order valence-electron chi connectivity index (χ2n) is 9.32. The van der Waals surface area contributed by atoms with Crippen molar-refractivity contribution in [2.45, 2.75) is 59.3 Å². The van der Waals surface area contributed by atoms with Gasteiger partial charge in [0.1, 0.15) is 11.5 Å². The molecule has 1 unspecified atom stereocenters. The predicted molar refractivity (Wildman–Crippen MR) is 142 cm³/mol. The molecule has 1 heterocycles. The highest BCUT2D eigenvalue weighted by Gasteiger charge is 2.32. The van der Waals surface area contributed by atoms with Crippen molar-refractivity contribution < 1.29 is 24.5 Å². The van der Waals surface area contributed by atoms with Crippen LogP contribution in [-0.4, -0.2) is 71.2 Å². The van der Waals surface area contributed by atoms with Crippen molar-refractivity contribution in [3.05, 3.63) is 58.1 Å². The van der Waals surface area contributed by atoms with Gasteiger partial charge in [0.05, 0.1) is 11.1 Å². The number of carboxylic acids is 2. The summed E-state index contributed by atoms with van der Waals surface area (Å²) in [6.07, 6.45) is 3.17. The maximum absolute atomic E-state index is 12.3. The van der Waals surface area contributed by atoms with Gasteiger partial charge in [-0.3, -0.25) is 0 Å². The van der Waals surface area contributed by atoms with Crippen LogP contribution in [0.4, 0.5) is 0 Å². The van der Waals surface area contributed by atoms with Gasteiger partial charge in [0.15, 0.2) is 0 Å². The molecule has 196 valence electrons. The third kappa shape index (κ3) is 6.26. The van der Waals surface area contributed by atoms with Crippen molar-refractivity contribution in [3.63, 3.8) is 0 Å². The Balaban J connectivity index is 2.06. The van der Waals surface area contributed by atoms with Gasteiger partial charge >= 0.3 is 11.9 Å². The lowest BCUT2D eigenvalue weighted by Gasteiger charge is -2.32. The van der Waals surface area contributed by atoms with Crippen LogP contribution >= 0.6 is 0 Å². The van der Waals surface area contributed by atoms with Crippen molar-refractivity contribution in [1.29, 1.82) is 0 Å². The first-order valence-corrected chi connectivity index (χ1v) is 13.2. The van der Waals surface area contributed by atoms with Gasteiger partial charge in [-0.1, -0.05) is 27.7 Å². The Bertz CT molecular complexity index is 1060. The fourth-order valence-electron chi connectivity index (χ4n) is 5.28. The molecule has 2 aromatic rings. The molecule has 0 saturated carbocycles. The van der Waals surface area contributed by atoms with Crippen molar-refractivity contribution >= 4 is 11.9 Å². The lowest BCUT2D eigenvalue weighted by molar-refractivity contribution is 0.0685. The van der Waals surface area contributed by atoms with Crippen LogP contribution in [0.5, 0.6) is 11.5 Å². The van der Waals surface area contributed by atoms with E-state index in [0.29, 0.717) is 23.5 Å². The highest BCUT2D eigenvalue weighted by molar-refractivity contribution is 5.91. The number of rotatable bonds is 14. The van der Waals surface area contributed by atoms with Crippen LogP contribution in [0.15, 0.2) is 30.3 Å². The zero-order valence-corrected chi connectivity index (χ0v) is 22.0. The molecule has 7 nitrogen and oxygen atoms in total. The average molecular weight is 497 g/mol. The topological polar surface area (TPSA) is 90.3 Å². The van der Waals surface area contributed by atoms with Crippen LogP contribution in [0.25, 0.3) is 0 Å². The molecule has 7 heteroatoms. The van der Waals surface area contributed by atoms with Crippen LogP contribution in [0, 0.1) is 0 Å². The van der Waals surface area contributed by atoms with E-state index in [4.69, 9.17) is 4.74 Å². The molecular weight excluding hydrogens is 456 g/mol. The first kappa shape index (κ1) is 27.7. The third-order valence-corrected chi connectivity index (χ3v) is 7.41. The molecule has 0 amide bonds. The molecule has 0 aliphatic carbocycles. The minimum atomic E-state index is -0.982. The van der Waals surface area contributed by atoms with E-state index in [0.717, 1.165) is 75.2 Å². The molecule has 1 aliphatic rings. The predicted octanol–water partition coefficient (Wildman–Crippen LogP) is 5.72. The van der Waals surface area contributed by atoms with Crippen molar-refractivity contribution in [2.75, 3.05) is 39.3 Å². The first-order chi connectivity index (χ1) is 17.3. The Morgan fingerprint density at radius 3 is 2.03 bits per heavy atom. The smallest absolute Gasteiger partial charge is 0.335 e. The van der Waals surface area contributed by atoms with Gasteiger partial charge in [0.2, 0.25) is 0 Å². The van der Waals surface area contributed by atoms with Gasteiger partial charge < -0.3 is 24.7 Å². The fraction of sp³-hybridized carbons (Fsp3) is 0.517. The maximum Gasteiger partial charge on any atom is 0.335 e. The molecule has 3 rings (SSSR count). The van der Waals surface area contributed by atoms with Crippen molar-refractivity contribution in [2.24, 2.45) is 0 Å². The van der Waals surface area contributed by atoms with Crippen molar-refractivity contribution in [1.82, 2.24) is 9.80 Å². The Morgan fingerprint density at radius 2 is 1.44 bits per heavy atom. The molecule has 2 aromatic carbocycles. The van der Waals surface area contributed by atoms with Crippen molar-refractivity contribution in [3.8, 4) is 11.5 Å². The first-order valence-electron chi connectivity index (χ1n) is 13.2. The number of hydrogen-bond donors (Lipinski definition) is 2. The van der Waals surface area contributed by atoms with Gasteiger partial charge in [-0.15, -0.1) is 0 Å². The van der Waals surface area contributed by atoms with E-state index in [1.54, 1.807) is 30.3 Å². The Morgan fingerprint density at radius 1 is 0.833 bits per heavy atom. The molecule has 0 bridgehead atoms. The van der Waals surface area contributed by atoms with Crippen LogP contribution in [0.3, 0.4) is 0 Å². The zero-order chi connectivity index (χ0) is 26.2. The van der Waals surface area contributed by atoms with E-state index in [1.807, 2.05) is 0 Å². The molecule has 2 N–H and O–H groups in total. The van der Waals surface area contributed by atoms with Gasteiger partial charge in [0.25, 0.3) is 0 Å². The Kier molecular flexibility index (Phi) is 9.90. The van der Waals surface area contributed by atoms with E-state index >= 15 is 0 Å². The minimum Gasteiger partial charge on any atom is -0.478 e. The summed E-state index contributed by atoms with van der Waals surface area (Å²) in [6.45, 7) is 14.2. The molecule has 0 aromatic heterocycles. The van der Waals surface area contributed by atoms with Gasteiger partial charge in [0, 0.05) is 17.0 Å². The fourth-order valence-corrected chi connectivity index (χ4v) is 5.28. The molecule has 1 atom stereocenters. The summed E-state index contributed by atoms with van der Waals surface area (Å²) in [5.41, 5.74) is 3.07. The number of nitrogens with zero attached hydrogens (tertiary/aromatic N) is 2. The van der Waals surface area contributed by atoms with E-state index in [2.05, 4.69) is 37.5 Å². The van der Waals surface area contributed by atoms with Gasteiger partial charge in [-0.2, -0.15) is 0 Å². The van der Waals surface area contributed by atoms with Crippen LogP contribution in [-0.2, 0) is 6.42 Å². The monoisotopic (exact) mass is 496 g/mol. The Labute approximate surface area is 214 Å². The van der Waals surface area contributed by atoms with Crippen LogP contribution < -0.4 is 4.74 Å². The largest absolute Gasteiger partial charge is 0.478 e. The highest BCUT2D eigenvalue weighted by Crippen LogP contribution is 2.49. The number of fused-ring (bicyclic) bond motifs is 2. The van der Waals surface area contributed by atoms with Gasteiger partial charge in [-0.05, 0) is 101 Å². The van der Waals surface area contributed by atoms with Crippen LogP contribution in [0.2, 0.25) is 0 Å². The van der Waals surface area contributed by atoms with Crippen LogP contribution in [0.1, 0.15) is 90.3 Å². The number of carboxylic acid groups (broad SMARTS) is 2. The lowest BCUT2D eigenvalue weighted by Crippen LogP contribution is -2.25. The number of hydrogen-bond acceptors (Lipinski definition) is 5. The molecule has 0 spiro atoms. The average Bonchev–Trinajstić information content (AvgIpc) is 2.87. The molecular formula is C29H40N2O5. The van der Waals surface area contributed by atoms with E-state index in [-0.39, 0.29) is 11.5 Å². The number of carbonyl (C=O) groups is 2. The van der Waals surface area contributed by atoms with E-state index < -0.39 is 11.9 Å². The maximum atomic E-state index is 12.3. The SMILES string of the molecule is CCN(CC)CCCc1c(C(=O)O)ccc2c1C(CCCN(CC)CC)c1cc(C(=O)O)ccc1O2. The Hall–Kier alpha value is -2.90. The summed E-state index contributed by atoms with van der Waals surface area (Å²) in [5.74, 6) is -0.716. The standard InChI is InChI=1S/C29H40N2O5/c1-5-30(6-2)17-9-11-21-23(29(34)35)14-16-26-27(21)22(12-10-18-31(7-3)8-4)24-19-20(28(32)33)13-15-25(24)36-26/h13-16,19,22H,5-12,17-18H2,1-4H3,(H,32,33)(H,34,35). The summed E-state index contributed by atoms with van der Waals surface area (Å²) >= 11 is 0. The summed E-state index contributed by atoms with van der Waals surface area (Å²) in [7, 11) is 0. The molecule has 0 fully saturated rings. The summed E-state index contributed by atoms with van der Waals surface area (Å²) < 4.78 is 6.25. The normalized spacial score (nSPS) is 14.4. The van der Waals surface area contributed by atoms with Gasteiger partial charge in [-0.25, -0.2) is 9.59 Å². The molecule has 0 radical (unpaired) electrons. The second-order valence-corrected chi connectivity index (χ2v) is 9.32. The molecule has 1 aliphatic heterocycles. The minimum absolute atomic E-state index is 0.124. The lowest BCUT2D eigenvalue weighted by atomic mass is 9.79. The summed E-state index contributed by atoms with van der Waals surface area (Å²) in [5, 5.41) is 19.7. The molecule has 36 heavy (non-hydrogen) atoms. The number of aromatic carboxylic acids is 2. The summed E-state index contributed by atoms with van der Waals surface area (Å²) in [4.78, 5) is 28.7. The third-order valence-electron chi connectivity index (χ3n) is 7.41.